The number of benzene rings is 7. The Kier molecular flexibility index (Phi) is 7.63. The first-order valence-electron chi connectivity index (χ1n) is 17.0. The molecule has 0 radical (unpaired) electrons. The van der Waals surface area contributed by atoms with Gasteiger partial charge in [0.25, 0.3) is 0 Å². The summed E-state index contributed by atoms with van der Waals surface area (Å²) < 4.78 is 0. The molecule has 0 spiro atoms. The first-order chi connectivity index (χ1) is 25.2. The Bertz CT molecular complexity index is 2580. The van der Waals surface area contributed by atoms with E-state index in [2.05, 4.69) is 107 Å². The summed E-state index contributed by atoms with van der Waals surface area (Å²) in [6.07, 6.45) is 1.80. The fraction of sp³-hybridized carbons (Fsp3) is 0.0217. The summed E-state index contributed by atoms with van der Waals surface area (Å²) in [6, 6.07) is 56.8. The molecule has 5 heteroatoms. The molecule has 5 nitrogen and oxygen atoms in total. The third-order valence-corrected chi connectivity index (χ3v) is 9.22. The van der Waals surface area contributed by atoms with E-state index in [9.17, 15) is 0 Å². The molecule has 9 aromatic rings. The van der Waals surface area contributed by atoms with E-state index >= 15 is 0 Å². The number of fused-ring (bicyclic) bond motifs is 2. The minimum Gasteiger partial charge on any atom is -0.237 e. The number of hydrogen-bond acceptors (Lipinski definition) is 5. The van der Waals surface area contributed by atoms with Crippen LogP contribution in [0.25, 0.3) is 89.4 Å². The average molecular weight is 654 g/mol. The lowest BCUT2D eigenvalue weighted by atomic mass is 9.89. The SMILES string of the molecule is Cc1ccnc(-c2ccc(-c3cc(-c4nc(-c5ccccc5)nc(-c5ccccc5)n4)cc(-c4c5ccccc5cc5ccccc45)c3)cc2)n1. The molecule has 0 bridgehead atoms. The lowest BCUT2D eigenvalue weighted by Crippen LogP contribution is -2.00. The second-order valence-electron chi connectivity index (χ2n) is 12.6. The first-order valence-corrected chi connectivity index (χ1v) is 17.0. The normalized spacial score (nSPS) is 11.2. The van der Waals surface area contributed by atoms with Crippen molar-refractivity contribution < 1.29 is 0 Å². The number of aromatic nitrogens is 5. The Morgan fingerprint density at radius 3 is 1.39 bits per heavy atom. The quantitative estimate of drug-likeness (QED) is 0.167. The van der Waals surface area contributed by atoms with Crippen LogP contribution in [0.1, 0.15) is 5.69 Å². The van der Waals surface area contributed by atoms with E-state index < -0.39 is 0 Å². The molecule has 2 aromatic heterocycles. The fourth-order valence-corrected chi connectivity index (χ4v) is 6.73. The van der Waals surface area contributed by atoms with Gasteiger partial charge in [0.1, 0.15) is 0 Å². The molecule has 51 heavy (non-hydrogen) atoms. The third-order valence-electron chi connectivity index (χ3n) is 9.22. The molecular formula is C46H31N5. The highest BCUT2D eigenvalue weighted by molar-refractivity contribution is 6.13. The molecule has 240 valence electrons. The van der Waals surface area contributed by atoms with Gasteiger partial charge >= 0.3 is 0 Å². The van der Waals surface area contributed by atoms with Crippen molar-refractivity contribution in [1.82, 2.24) is 24.9 Å². The van der Waals surface area contributed by atoms with Crippen LogP contribution in [-0.2, 0) is 0 Å². The van der Waals surface area contributed by atoms with Crippen molar-refractivity contribution in [1.29, 1.82) is 0 Å². The van der Waals surface area contributed by atoms with Crippen molar-refractivity contribution in [3.8, 4) is 67.8 Å². The molecular weight excluding hydrogens is 623 g/mol. The molecule has 0 unspecified atom stereocenters. The van der Waals surface area contributed by atoms with Gasteiger partial charge in [-0.05, 0) is 81.1 Å². The zero-order chi connectivity index (χ0) is 34.1. The van der Waals surface area contributed by atoms with E-state index in [1.165, 1.54) is 27.1 Å². The highest BCUT2D eigenvalue weighted by Gasteiger charge is 2.17. The van der Waals surface area contributed by atoms with Crippen LogP contribution >= 0.6 is 0 Å². The number of nitrogens with zero attached hydrogens (tertiary/aromatic N) is 5. The lowest BCUT2D eigenvalue weighted by Gasteiger charge is -2.16. The van der Waals surface area contributed by atoms with Gasteiger partial charge in [0.2, 0.25) is 0 Å². The van der Waals surface area contributed by atoms with Crippen LogP contribution in [0.4, 0.5) is 0 Å². The van der Waals surface area contributed by atoms with Crippen molar-refractivity contribution in [3.05, 3.63) is 176 Å². The van der Waals surface area contributed by atoms with Crippen LogP contribution < -0.4 is 0 Å². The molecule has 0 atom stereocenters. The van der Waals surface area contributed by atoms with Crippen LogP contribution in [-0.4, -0.2) is 24.9 Å². The molecule has 7 aromatic carbocycles. The van der Waals surface area contributed by atoms with Gasteiger partial charge in [0.15, 0.2) is 23.3 Å². The van der Waals surface area contributed by atoms with Crippen molar-refractivity contribution in [2.24, 2.45) is 0 Å². The first kappa shape index (κ1) is 30.2. The van der Waals surface area contributed by atoms with Crippen LogP contribution in [0.3, 0.4) is 0 Å². The molecule has 0 aliphatic heterocycles. The minimum absolute atomic E-state index is 0.611. The highest BCUT2D eigenvalue weighted by atomic mass is 15.0. The molecule has 0 aliphatic rings. The van der Waals surface area contributed by atoms with Crippen molar-refractivity contribution in [2.75, 3.05) is 0 Å². The standard InChI is InChI=1S/C46H31N5/c1-30-24-25-47-43(48-30)34-22-20-31(21-23-34)37-27-38(42-40-18-10-8-16-35(40)26-36-17-9-11-19-41(36)42)29-39(28-37)46-50-44(32-12-4-2-5-13-32)49-45(51-46)33-14-6-3-7-15-33/h2-29H,1H3. The van der Waals surface area contributed by atoms with Gasteiger partial charge in [-0.2, -0.15) is 0 Å². The Balaban J connectivity index is 1.30. The average Bonchev–Trinajstić information content (AvgIpc) is 3.20. The van der Waals surface area contributed by atoms with Gasteiger partial charge in [-0.1, -0.05) is 133 Å². The molecule has 0 aliphatic carbocycles. The highest BCUT2D eigenvalue weighted by Crippen LogP contribution is 2.40. The monoisotopic (exact) mass is 653 g/mol. The van der Waals surface area contributed by atoms with E-state index in [4.69, 9.17) is 15.0 Å². The Morgan fingerprint density at radius 1 is 0.333 bits per heavy atom. The van der Waals surface area contributed by atoms with E-state index in [0.717, 1.165) is 44.6 Å². The van der Waals surface area contributed by atoms with Crippen molar-refractivity contribution >= 4 is 21.5 Å². The molecule has 0 N–H and O–H groups in total. The predicted octanol–water partition coefficient (Wildman–Crippen LogP) is 11.3. The summed E-state index contributed by atoms with van der Waals surface area (Å²) >= 11 is 0. The molecule has 0 amide bonds. The summed E-state index contributed by atoms with van der Waals surface area (Å²) in [5.74, 6) is 2.58. The maximum Gasteiger partial charge on any atom is 0.164 e. The summed E-state index contributed by atoms with van der Waals surface area (Å²) in [5.41, 5.74) is 9.07. The van der Waals surface area contributed by atoms with Gasteiger partial charge < -0.3 is 0 Å². The summed E-state index contributed by atoms with van der Waals surface area (Å²) in [7, 11) is 0. The van der Waals surface area contributed by atoms with Crippen LogP contribution in [0.2, 0.25) is 0 Å². The largest absolute Gasteiger partial charge is 0.237 e. The Hall–Kier alpha value is -6.85. The zero-order valence-corrected chi connectivity index (χ0v) is 27.9. The van der Waals surface area contributed by atoms with Crippen LogP contribution in [0, 0.1) is 6.92 Å². The molecule has 2 heterocycles. The minimum atomic E-state index is 0.611. The topological polar surface area (TPSA) is 64.5 Å². The van der Waals surface area contributed by atoms with Crippen LogP contribution in [0.5, 0.6) is 0 Å². The van der Waals surface area contributed by atoms with E-state index in [0.29, 0.717) is 23.3 Å². The van der Waals surface area contributed by atoms with Crippen molar-refractivity contribution in [2.45, 2.75) is 6.92 Å². The van der Waals surface area contributed by atoms with E-state index in [1.807, 2.05) is 73.7 Å². The van der Waals surface area contributed by atoms with E-state index in [1.54, 1.807) is 6.20 Å². The van der Waals surface area contributed by atoms with Gasteiger partial charge in [0.05, 0.1) is 0 Å². The zero-order valence-electron chi connectivity index (χ0n) is 27.9. The second kappa shape index (κ2) is 12.9. The fourth-order valence-electron chi connectivity index (χ4n) is 6.73. The van der Waals surface area contributed by atoms with Gasteiger partial charge in [0, 0.05) is 34.1 Å². The maximum atomic E-state index is 5.12. The predicted molar refractivity (Wildman–Crippen MR) is 208 cm³/mol. The molecule has 9 rings (SSSR count). The third kappa shape index (κ3) is 5.91. The Morgan fingerprint density at radius 2 is 0.804 bits per heavy atom. The lowest BCUT2D eigenvalue weighted by molar-refractivity contribution is 1.07. The summed E-state index contributed by atoms with van der Waals surface area (Å²) in [5, 5.41) is 4.77. The smallest absolute Gasteiger partial charge is 0.164 e. The number of aryl methyl sites for hydroxylation is 1. The molecule has 0 saturated carbocycles. The van der Waals surface area contributed by atoms with E-state index in [-0.39, 0.29) is 0 Å². The number of hydrogen-bond donors (Lipinski definition) is 0. The van der Waals surface area contributed by atoms with Gasteiger partial charge in [-0.25, -0.2) is 24.9 Å². The van der Waals surface area contributed by atoms with Gasteiger partial charge in [-0.3, -0.25) is 0 Å². The Labute approximate surface area is 296 Å². The van der Waals surface area contributed by atoms with Crippen LogP contribution in [0.15, 0.2) is 170 Å². The number of rotatable bonds is 6. The summed E-state index contributed by atoms with van der Waals surface area (Å²) in [6.45, 7) is 1.98. The summed E-state index contributed by atoms with van der Waals surface area (Å²) in [4.78, 5) is 24.3. The molecule has 0 fully saturated rings. The maximum absolute atomic E-state index is 5.12. The second-order valence-corrected chi connectivity index (χ2v) is 12.6. The van der Waals surface area contributed by atoms with Gasteiger partial charge in [-0.15, -0.1) is 0 Å². The molecule has 0 saturated heterocycles. The van der Waals surface area contributed by atoms with Crippen molar-refractivity contribution in [3.63, 3.8) is 0 Å².